The Morgan fingerprint density at radius 3 is 2.25 bits per heavy atom. The highest BCUT2D eigenvalue weighted by Crippen LogP contribution is 2.18. The van der Waals surface area contributed by atoms with Gasteiger partial charge in [0.25, 0.3) is 5.91 Å². The standard InChI is InChI=1S/C24H22N2O2/c25-15-8-16-26(18-20-9-3-1-4-10-20)24(27)22-13-7-14-23(17-22)28-19-21-11-5-2-6-12-21/h1-7,9-14,17H,8,16,18-19H2. The Morgan fingerprint density at radius 2 is 1.57 bits per heavy atom. The second-order valence-corrected chi connectivity index (χ2v) is 6.42. The van der Waals surface area contributed by atoms with Gasteiger partial charge >= 0.3 is 0 Å². The molecular formula is C24H22N2O2. The molecule has 0 atom stereocenters. The molecule has 1 amide bonds. The Bertz CT molecular complexity index is 934. The highest BCUT2D eigenvalue weighted by molar-refractivity contribution is 5.94. The summed E-state index contributed by atoms with van der Waals surface area (Å²) in [6.45, 7) is 1.30. The third-order valence-electron chi connectivity index (χ3n) is 4.33. The maximum atomic E-state index is 13.0. The molecule has 0 radical (unpaired) electrons. The number of carbonyl (C=O) groups excluding carboxylic acids is 1. The van der Waals surface area contributed by atoms with Gasteiger partial charge in [0.05, 0.1) is 12.5 Å². The zero-order valence-corrected chi connectivity index (χ0v) is 15.6. The summed E-state index contributed by atoms with van der Waals surface area (Å²) >= 11 is 0. The molecule has 4 heteroatoms. The van der Waals surface area contributed by atoms with E-state index in [0.29, 0.717) is 37.4 Å². The van der Waals surface area contributed by atoms with Crippen LogP contribution in [0, 0.1) is 11.3 Å². The lowest BCUT2D eigenvalue weighted by Gasteiger charge is -2.22. The molecule has 0 fully saturated rings. The zero-order chi connectivity index (χ0) is 19.6. The largest absolute Gasteiger partial charge is 0.489 e. The summed E-state index contributed by atoms with van der Waals surface area (Å²) in [6, 6.07) is 29.0. The molecule has 0 aromatic heterocycles. The molecule has 0 aliphatic heterocycles. The Kier molecular flexibility index (Phi) is 6.81. The topological polar surface area (TPSA) is 53.3 Å². The maximum Gasteiger partial charge on any atom is 0.254 e. The number of nitrogens with zero attached hydrogens (tertiary/aromatic N) is 2. The van der Waals surface area contributed by atoms with Crippen LogP contribution >= 0.6 is 0 Å². The minimum Gasteiger partial charge on any atom is -0.489 e. The van der Waals surface area contributed by atoms with E-state index < -0.39 is 0 Å². The molecule has 0 saturated heterocycles. The Balaban J connectivity index is 1.72. The quantitative estimate of drug-likeness (QED) is 0.571. The van der Waals surface area contributed by atoms with Crippen LogP contribution in [0.15, 0.2) is 84.9 Å². The molecule has 0 heterocycles. The summed E-state index contributed by atoms with van der Waals surface area (Å²) in [5, 5.41) is 8.95. The molecule has 0 unspecified atom stereocenters. The number of rotatable bonds is 8. The molecule has 0 spiro atoms. The molecule has 0 aliphatic rings. The van der Waals surface area contributed by atoms with Crippen molar-refractivity contribution in [3.05, 3.63) is 102 Å². The molecule has 0 saturated carbocycles. The summed E-state index contributed by atoms with van der Waals surface area (Å²) in [5.74, 6) is 0.541. The van der Waals surface area contributed by atoms with E-state index in [2.05, 4.69) is 6.07 Å². The van der Waals surface area contributed by atoms with Gasteiger partial charge in [-0.05, 0) is 29.3 Å². The van der Waals surface area contributed by atoms with Gasteiger partial charge in [0, 0.05) is 18.7 Å². The SMILES string of the molecule is N#CCCN(Cc1ccccc1)C(=O)c1cccc(OCc2ccccc2)c1. The third kappa shape index (κ3) is 5.46. The number of benzene rings is 3. The molecule has 140 valence electrons. The number of carbonyl (C=O) groups is 1. The second kappa shape index (κ2) is 9.94. The molecule has 3 aromatic rings. The average Bonchev–Trinajstić information content (AvgIpc) is 2.76. The van der Waals surface area contributed by atoms with Crippen molar-refractivity contribution in [3.8, 4) is 11.8 Å². The highest BCUT2D eigenvalue weighted by atomic mass is 16.5. The Morgan fingerprint density at radius 1 is 0.893 bits per heavy atom. The minimum absolute atomic E-state index is 0.107. The maximum absolute atomic E-state index is 13.0. The van der Waals surface area contributed by atoms with Crippen molar-refractivity contribution in [2.24, 2.45) is 0 Å². The Hall–Kier alpha value is -3.58. The lowest BCUT2D eigenvalue weighted by atomic mass is 10.1. The van der Waals surface area contributed by atoms with Crippen LogP contribution in [0.5, 0.6) is 5.75 Å². The number of hydrogen-bond donors (Lipinski definition) is 0. The van der Waals surface area contributed by atoms with Gasteiger partial charge in [-0.25, -0.2) is 0 Å². The van der Waals surface area contributed by atoms with Gasteiger partial charge in [-0.2, -0.15) is 5.26 Å². The first kappa shape index (κ1) is 19.2. The van der Waals surface area contributed by atoms with E-state index in [1.807, 2.05) is 72.8 Å². The van der Waals surface area contributed by atoms with E-state index in [9.17, 15) is 4.79 Å². The van der Waals surface area contributed by atoms with Crippen molar-refractivity contribution in [1.29, 1.82) is 5.26 Å². The first-order chi connectivity index (χ1) is 13.8. The molecule has 4 nitrogen and oxygen atoms in total. The fourth-order valence-electron chi connectivity index (χ4n) is 2.88. The van der Waals surface area contributed by atoms with Gasteiger partial charge < -0.3 is 9.64 Å². The summed E-state index contributed by atoms with van der Waals surface area (Å²) in [4.78, 5) is 14.7. The van der Waals surface area contributed by atoms with Gasteiger partial charge in [-0.15, -0.1) is 0 Å². The van der Waals surface area contributed by atoms with E-state index in [1.165, 1.54) is 0 Å². The molecule has 3 rings (SSSR count). The van der Waals surface area contributed by atoms with Gasteiger partial charge in [-0.3, -0.25) is 4.79 Å². The van der Waals surface area contributed by atoms with Crippen molar-refractivity contribution in [2.45, 2.75) is 19.6 Å². The summed E-state index contributed by atoms with van der Waals surface area (Å²) in [7, 11) is 0. The molecule has 0 N–H and O–H groups in total. The number of nitriles is 1. The van der Waals surface area contributed by atoms with Crippen molar-refractivity contribution in [3.63, 3.8) is 0 Å². The predicted octanol–water partition coefficient (Wildman–Crippen LogP) is 4.82. The van der Waals surface area contributed by atoms with Crippen LogP contribution in [0.2, 0.25) is 0 Å². The van der Waals surface area contributed by atoms with Gasteiger partial charge in [0.15, 0.2) is 0 Å². The third-order valence-corrected chi connectivity index (χ3v) is 4.33. The van der Waals surface area contributed by atoms with Crippen LogP contribution in [0.25, 0.3) is 0 Å². The van der Waals surface area contributed by atoms with Crippen LogP contribution in [0.1, 0.15) is 27.9 Å². The second-order valence-electron chi connectivity index (χ2n) is 6.42. The van der Waals surface area contributed by atoms with Gasteiger partial charge in [0.1, 0.15) is 12.4 Å². The van der Waals surface area contributed by atoms with E-state index in [4.69, 9.17) is 10.00 Å². The van der Waals surface area contributed by atoms with E-state index in [0.717, 1.165) is 11.1 Å². The fraction of sp³-hybridized carbons (Fsp3) is 0.167. The molecule has 28 heavy (non-hydrogen) atoms. The summed E-state index contributed by atoms with van der Waals surface area (Å²) in [6.07, 6.45) is 0.294. The van der Waals surface area contributed by atoms with Gasteiger partial charge in [-0.1, -0.05) is 66.7 Å². The van der Waals surface area contributed by atoms with Crippen molar-refractivity contribution in [2.75, 3.05) is 6.54 Å². The lowest BCUT2D eigenvalue weighted by molar-refractivity contribution is 0.0746. The predicted molar refractivity (Wildman–Crippen MR) is 109 cm³/mol. The van der Waals surface area contributed by atoms with Crippen molar-refractivity contribution >= 4 is 5.91 Å². The molecule has 0 aliphatic carbocycles. The van der Waals surface area contributed by atoms with Crippen molar-refractivity contribution in [1.82, 2.24) is 4.90 Å². The smallest absolute Gasteiger partial charge is 0.254 e. The van der Waals surface area contributed by atoms with E-state index in [-0.39, 0.29) is 5.91 Å². The number of amides is 1. The monoisotopic (exact) mass is 370 g/mol. The van der Waals surface area contributed by atoms with E-state index >= 15 is 0 Å². The number of hydrogen-bond acceptors (Lipinski definition) is 3. The first-order valence-corrected chi connectivity index (χ1v) is 9.23. The molecular weight excluding hydrogens is 348 g/mol. The minimum atomic E-state index is -0.107. The van der Waals surface area contributed by atoms with Crippen LogP contribution in [-0.4, -0.2) is 17.4 Å². The highest BCUT2D eigenvalue weighted by Gasteiger charge is 2.16. The van der Waals surface area contributed by atoms with Crippen LogP contribution in [0.4, 0.5) is 0 Å². The molecule has 3 aromatic carbocycles. The first-order valence-electron chi connectivity index (χ1n) is 9.23. The number of ether oxygens (including phenoxy) is 1. The summed E-state index contributed by atoms with van der Waals surface area (Å²) < 4.78 is 5.84. The average molecular weight is 370 g/mol. The Labute approximate surface area is 165 Å². The van der Waals surface area contributed by atoms with Crippen LogP contribution < -0.4 is 4.74 Å². The zero-order valence-electron chi connectivity index (χ0n) is 15.6. The summed E-state index contributed by atoms with van der Waals surface area (Å²) in [5.41, 5.74) is 2.66. The normalized spacial score (nSPS) is 10.1. The van der Waals surface area contributed by atoms with Crippen LogP contribution in [-0.2, 0) is 13.2 Å². The fourth-order valence-corrected chi connectivity index (χ4v) is 2.88. The van der Waals surface area contributed by atoms with Crippen LogP contribution in [0.3, 0.4) is 0 Å². The van der Waals surface area contributed by atoms with Crippen molar-refractivity contribution < 1.29 is 9.53 Å². The van der Waals surface area contributed by atoms with Gasteiger partial charge in [0.2, 0.25) is 0 Å². The molecule has 0 bridgehead atoms. The lowest BCUT2D eigenvalue weighted by Crippen LogP contribution is -2.31. The van der Waals surface area contributed by atoms with E-state index in [1.54, 1.807) is 17.0 Å².